The Hall–Kier alpha value is -3.64. The number of carbonyl (C=O) groups is 1. The number of rotatable bonds is 15. The van der Waals surface area contributed by atoms with Gasteiger partial charge >= 0.3 is 5.97 Å². The fourth-order valence-corrected chi connectivity index (χ4v) is 3.61. The molecule has 190 valence electrons. The molecule has 1 aromatic heterocycles. The van der Waals surface area contributed by atoms with E-state index in [0.29, 0.717) is 23.6 Å². The van der Waals surface area contributed by atoms with Gasteiger partial charge in [-0.1, -0.05) is 75.7 Å². The molecule has 0 atom stereocenters. The van der Waals surface area contributed by atoms with Crippen molar-refractivity contribution in [3.8, 4) is 22.8 Å². The standard InChI is InChI=1S/C30H36N2O4/c1-4-6-11-26-12-10-14-28(30(26)36-29(33)15-7-5-2)34-21-22-35-32-23(3)24-16-18-25(19-17-24)27-13-8-9-20-31-27/h8-10,12-14,16-20,32H,3-7,11,15,21-22H2,1-2H3. The van der Waals surface area contributed by atoms with Gasteiger partial charge in [-0.2, -0.15) is 0 Å². The Morgan fingerprint density at radius 2 is 1.75 bits per heavy atom. The van der Waals surface area contributed by atoms with Crippen molar-refractivity contribution >= 4 is 11.7 Å². The van der Waals surface area contributed by atoms with Crippen LogP contribution >= 0.6 is 0 Å². The average Bonchev–Trinajstić information content (AvgIpc) is 2.92. The molecule has 3 rings (SSSR count). The zero-order chi connectivity index (χ0) is 25.6. The number of nitrogens with zero attached hydrogens (tertiary/aromatic N) is 1. The van der Waals surface area contributed by atoms with Gasteiger partial charge in [-0.05, 0) is 48.6 Å². The Morgan fingerprint density at radius 1 is 0.944 bits per heavy atom. The van der Waals surface area contributed by atoms with E-state index in [0.717, 1.165) is 54.5 Å². The van der Waals surface area contributed by atoms with Crippen molar-refractivity contribution in [1.29, 1.82) is 0 Å². The first-order valence-electron chi connectivity index (χ1n) is 12.7. The fraction of sp³-hybridized carbons (Fsp3) is 0.333. The summed E-state index contributed by atoms with van der Waals surface area (Å²) >= 11 is 0. The van der Waals surface area contributed by atoms with Gasteiger partial charge in [0.25, 0.3) is 0 Å². The van der Waals surface area contributed by atoms with Crippen LogP contribution in [-0.4, -0.2) is 24.2 Å². The molecule has 0 fully saturated rings. The number of carbonyl (C=O) groups excluding carboxylic acids is 1. The second-order valence-electron chi connectivity index (χ2n) is 8.50. The number of hydrogen-bond acceptors (Lipinski definition) is 6. The predicted octanol–water partition coefficient (Wildman–Crippen LogP) is 6.76. The molecular weight excluding hydrogens is 452 g/mol. The molecule has 6 nitrogen and oxygen atoms in total. The molecule has 0 amide bonds. The first kappa shape index (κ1) is 27.0. The van der Waals surface area contributed by atoms with Gasteiger partial charge in [0.15, 0.2) is 11.5 Å². The lowest BCUT2D eigenvalue weighted by Crippen LogP contribution is -2.18. The summed E-state index contributed by atoms with van der Waals surface area (Å²) in [6, 6.07) is 19.5. The Bertz CT molecular complexity index is 1100. The van der Waals surface area contributed by atoms with E-state index in [1.807, 2.05) is 60.7 Å². The van der Waals surface area contributed by atoms with Gasteiger partial charge in [0.05, 0.1) is 11.4 Å². The van der Waals surface area contributed by atoms with Crippen LogP contribution in [0.1, 0.15) is 57.1 Å². The van der Waals surface area contributed by atoms with Crippen LogP contribution < -0.4 is 15.0 Å². The van der Waals surface area contributed by atoms with Gasteiger partial charge in [-0.15, -0.1) is 0 Å². The minimum absolute atomic E-state index is 0.228. The SMILES string of the molecule is C=C(NOCCOc1cccc(CCCC)c1OC(=O)CCCC)c1ccc(-c2ccccn2)cc1. The molecule has 0 bridgehead atoms. The van der Waals surface area contributed by atoms with E-state index in [4.69, 9.17) is 14.3 Å². The Kier molecular flexibility index (Phi) is 11.0. The number of hydroxylamine groups is 1. The van der Waals surface area contributed by atoms with Crippen LogP contribution in [0.2, 0.25) is 0 Å². The number of aryl methyl sites for hydroxylation is 1. The highest BCUT2D eigenvalue weighted by molar-refractivity contribution is 5.74. The predicted molar refractivity (Wildman–Crippen MR) is 144 cm³/mol. The van der Waals surface area contributed by atoms with Crippen LogP contribution in [0.4, 0.5) is 0 Å². The van der Waals surface area contributed by atoms with Crippen LogP contribution in [0.3, 0.4) is 0 Å². The highest BCUT2D eigenvalue weighted by atomic mass is 16.7. The van der Waals surface area contributed by atoms with Crippen molar-refractivity contribution in [2.75, 3.05) is 13.2 Å². The number of ether oxygens (including phenoxy) is 2. The molecule has 0 aliphatic carbocycles. The monoisotopic (exact) mass is 488 g/mol. The van der Waals surface area contributed by atoms with Crippen molar-refractivity contribution in [2.24, 2.45) is 0 Å². The first-order valence-corrected chi connectivity index (χ1v) is 12.7. The second-order valence-corrected chi connectivity index (χ2v) is 8.50. The van der Waals surface area contributed by atoms with E-state index in [-0.39, 0.29) is 19.2 Å². The molecule has 0 radical (unpaired) electrons. The third-order valence-electron chi connectivity index (χ3n) is 5.64. The van der Waals surface area contributed by atoms with Gasteiger partial charge in [0, 0.05) is 18.2 Å². The molecule has 1 heterocycles. The van der Waals surface area contributed by atoms with Gasteiger partial charge in [0.2, 0.25) is 0 Å². The fourth-order valence-electron chi connectivity index (χ4n) is 3.61. The zero-order valence-electron chi connectivity index (χ0n) is 21.3. The summed E-state index contributed by atoms with van der Waals surface area (Å²) in [7, 11) is 0. The molecule has 2 aromatic carbocycles. The number of nitrogens with one attached hydrogen (secondary N) is 1. The number of benzene rings is 2. The summed E-state index contributed by atoms with van der Waals surface area (Å²) in [5.74, 6) is 0.854. The lowest BCUT2D eigenvalue weighted by Gasteiger charge is -2.16. The van der Waals surface area contributed by atoms with Gasteiger partial charge in [0.1, 0.15) is 13.2 Å². The van der Waals surface area contributed by atoms with Crippen LogP contribution in [0.5, 0.6) is 11.5 Å². The quantitative estimate of drug-likeness (QED) is 0.110. The molecule has 0 aliphatic rings. The van der Waals surface area contributed by atoms with Gasteiger partial charge in [-0.3, -0.25) is 20.1 Å². The maximum atomic E-state index is 12.3. The van der Waals surface area contributed by atoms with E-state index < -0.39 is 0 Å². The number of unbranched alkanes of at least 4 members (excludes halogenated alkanes) is 2. The molecule has 3 aromatic rings. The molecule has 6 heteroatoms. The maximum Gasteiger partial charge on any atom is 0.311 e. The van der Waals surface area contributed by atoms with Crippen LogP contribution in [-0.2, 0) is 16.1 Å². The van der Waals surface area contributed by atoms with E-state index in [1.165, 1.54) is 0 Å². The third kappa shape index (κ3) is 8.24. The maximum absolute atomic E-state index is 12.3. The first-order chi connectivity index (χ1) is 17.6. The van der Waals surface area contributed by atoms with Crippen molar-refractivity contribution in [1.82, 2.24) is 10.5 Å². The number of aromatic nitrogens is 1. The number of pyridine rings is 1. The number of hydrogen-bond donors (Lipinski definition) is 1. The smallest absolute Gasteiger partial charge is 0.311 e. The van der Waals surface area contributed by atoms with E-state index in [1.54, 1.807) is 6.20 Å². The molecule has 0 unspecified atom stereocenters. The van der Waals surface area contributed by atoms with Crippen molar-refractivity contribution < 1.29 is 19.1 Å². The third-order valence-corrected chi connectivity index (χ3v) is 5.64. The highest BCUT2D eigenvalue weighted by Gasteiger charge is 2.15. The Balaban J connectivity index is 1.51. The average molecular weight is 489 g/mol. The Morgan fingerprint density at radius 3 is 2.47 bits per heavy atom. The minimum Gasteiger partial charge on any atom is -0.487 e. The van der Waals surface area contributed by atoms with Gasteiger partial charge in [-0.25, -0.2) is 0 Å². The summed E-state index contributed by atoms with van der Waals surface area (Å²) in [6.07, 6.45) is 6.84. The summed E-state index contributed by atoms with van der Waals surface area (Å²) in [4.78, 5) is 22.2. The lowest BCUT2D eigenvalue weighted by atomic mass is 10.1. The highest BCUT2D eigenvalue weighted by Crippen LogP contribution is 2.33. The second kappa shape index (κ2) is 14.7. The molecule has 0 saturated carbocycles. The van der Waals surface area contributed by atoms with Crippen LogP contribution in [0.25, 0.3) is 17.0 Å². The van der Waals surface area contributed by atoms with Crippen molar-refractivity contribution in [3.05, 3.63) is 84.6 Å². The summed E-state index contributed by atoms with van der Waals surface area (Å²) in [5, 5.41) is 0. The van der Waals surface area contributed by atoms with Crippen molar-refractivity contribution in [3.63, 3.8) is 0 Å². The Labute approximate surface area is 214 Å². The normalized spacial score (nSPS) is 10.6. The lowest BCUT2D eigenvalue weighted by molar-refractivity contribution is -0.134. The molecule has 1 N–H and O–H groups in total. The van der Waals surface area contributed by atoms with E-state index in [2.05, 4.69) is 30.9 Å². The molecule has 0 saturated heterocycles. The molecule has 36 heavy (non-hydrogen) atoms. The van der Waals surface area contributed by atoms with Crippen molar-refractivity contribution in [2.45, 2.75) is 52.4 Å². The minimum atomic E-state index is -0.228. The van der Waals surface area contributed by atoms with Gasteiger partial charge < -0.3 is 9.47 Å². The van der Waals surface area contributed by atoms with Crippen LogP contribution in [0, 0.1) is 0 Å². The summed E-state index contributed by atoms with van der Waals surface area (Å²) in [6.45, 7) is 8.81. The topological polar surface area (TPSA) is 69.7 Å². The largest absolute Gasteiger partial charge is 0.487 e. The van der Waals surface area contributed by atoms with Crippen LogP contribution in [0.15, 0.2) is 73.4 Å². The number of para-hydroxylation sites is 1. The molecular formula is C30H36N2O4. The number of esters is 1. The summed E-state index contributed by atoms with van der Waals surface area (Å²) < 4.78 is 11.7. The zero-order valence-corrected chi connectivity index (χ0v) is 21.3. The van der Waals surface area contributed by atoms with E-state index in [9.17, 15) is 4.79 Å². The molecule has 0 spiro atoms. The van der Waals surface area contributed by atoms with E-state index >= 15 is 0 Å². The summed E-state index contributed by atoms with van der Waals surface area (Å²) in [5.41, 5.74) is 7.39. The molecule has 0 aliphatic heterocycles.